The van der Waals surface area contributed by atoms with Crippen LogP contribution in [0.4, 0.5) is 10.5 Å². The summed E-state index contributed by atoms with van der Waals surface area (Å²) in [7, 11) is 0. The topological polar surface area (TPSA) is 95.9 Å². The molecule has 7 nitrogen and oxygen atoms in total. The summed E-state index contributed by atoms with van der Waals surface area (Å²) in [5.74, 6) is -0.757. The van der Waals surface area contributed by atoms with E-state index < -0.39 is 17.9 Å². The molecule has 10 heteroatoms. The predicted octanol–water partition coefficient (Wildman–Crippen LogP) is 5.92. The molecule has 0 radical (unpaired) electrons. The number of nitrogens with zero attached hydrogens (tertiary/aromatic N) is 1. The molecule has 0 atom stereocenters. The van der Waals surface area contributed by atoms with Gasteiger partial charge in [-0.3, -0.25) is 4.79 Å². The maximum absolute atomic E-state index is 12.8. The number of rotatable bonds is 6. The van der Waals surface area contributed by atoms with E-state index in [2.05, 4.69) is 50.5 Å². The van der Waals surface area contributed by atoms with E-state index in [1.54, 1.807) is 42.5 Å². The number of carbonyl (C=O) groups is 3. The SMILES string of the molecule is O=C(O)c1ccc(COc2c(I)cc(/C=C3/NC(=O)N(c4ccc(Cl)cc4)C3=O)cc2I)cc1. The van der Waals surface area contributed by atoms with Gasteiger partial charge in [0.25, 0.3) is 5.91 Å². The van der Waals surface area contributed by atoms with E-state index in [4.69, 9.17) is 21.4 Å². The largest absolute Gasteiger partial charge is 0.487 e. The zero-order valence-corrected chi connectivity index (χ0v) is 22.3. The Hall–Kier alpha value is -2.64. The number of amides is 3. The van der Waals surface area contributed by atoms with Gasteiger partial charge in [-0.2, -0.15) is 0 Å². The van der Waals surface area contributed by atoms with E-state index in [0.29, 0.717) is 16.5 Å². The third-order valence-electron chi connectivity index (χ3n) is 4.88. The number of imide groups is 1. The van der Waals surface area contributed by atoms with Crippen molar-refractivity contribution < 1.29 is 24.2 Å². The van der Waals surface area contributed by atoms with Gasteiger partial charge in [0.05, 0.1) is 18.4 Å². The van der Waals surface area contributed by atoms with Crippen molar-refractivity contribution in [1.29, 1.82) is 0 Å². The van der Waals surface area contributed by atoms with Gasteiger partial charge < -0.3 is 15.2 Å². The van der Waals surface area contributed by atoms with Crippen LogP contribution in [0, 0.1) is 7.14 Å². The summed E-state index contributed by atoms with van der Waals surface area (Å²) in [6.45, 7) is 0.275. The first-order valence-electron chi connectivity index (χ1n) is 9.79. The van der Waals surface area contributed by atoms with Crippen LogP contribution in [-0.2, 0) is 11.4 Å². The molecule has 1 aliphatic heterocycles. The number of benzene rings is 3. The van der Waals surface area contributed by atoms with Gasteiger partial charge in [-0.05, 0) is 111 Å². The average Bonchev–Trinajstić information content (AvgIpc) is 3.07. The molecule has 0 spiro atoms. The Bertz CT molecular complexity index is 1300. The zero-order valence-electron chi connectivity index (χ0n) is 17.2. The second-order valence-corrected chi connectivity index (χ2v) is 9.97. The van der Waals surface area contributed by atoms with E-state index in [1.807, 2.05) is 12.1 Å². The van der Waals surface area contributed by atoms with Crippen molar-refractivity contribution in [2.24, 2.45) is 0 Å². The normalized spacial score (nSPS) is 14.4. The zero-order chi connectivity index (χ0) is 24.4. The highest BCUT2D eigenvalue weighted by Crippen LogP contribution is 2.31. The molecular weight excluding hydrogens is 686 g/mol. The number of carboxylic acids is 1. The predicted molar refractivity (Wildman–Crippen MR) is 145 cm³/mol. The van der Waals surface area contributed by atoms with E-state index in [-0.39, 0.29) is 17.9 Å². The van der Waals surface area contributed by atoms with Crippen molar-refractivity contribution in [3.05, 3.63) is 95.2 Å². The summed E-state index contributed by atoms with van der Waals surface area (Å²) < 4.78 is 7.61. The quantitative estimate of drug-likeness (QED) is 0.189. The van der Waals surface area contributed by atoms with Crippen LogP contribution in [0.25, 0.3) is 6.08 Å². The third-order valence-corrected chi connectivity index (χ3v) is 6.73. The molecule has 3 aromatic rings. The molecule has 1 saturated heterocycles. The maximum atomic E-state index is 12.8. The van der Waals surface area contributed by atoms with Crippen molar-refractivity contribution in [3.63, 3.8) is 0 Å². The van der Waals surface area contributed by atoms with Gasteiger partial charge in [-0.1, -0.05) is 23.7 Å². The lowest BCUT2D eigenvalue weighted by Crippen LogP contribution is -2.30. The fourth-order valence-electron chi connectivity index (χ4n) is 3.23. The Morgan fingerprint density at radius 2 is 1.65 bits per heavy atom. The molecule has 1 heterocycles. The number of halogens is 3. The summed E-state index contributed by atoms with van der Waals surface area (Å²) in [6.07, 6.45) is 1.62. The molecule has 2 N–H and O–H groups in total. The number of ether oxygens (including phenoxy) is 1. The minimum atomic E-state index is -0.977. The Morgan fingerprint density at radius 3 is 2.24 bits per heavy atom. The number of urea groups is 1. The summed E-state index contributed by atoms with van der Waals surface area (Å²) in [5.41, 5.74) is 2.38. The van der Waals surface area contributed by atoms with Crippen molar-refractivity contribution in [1.82, 2.24) is 5.32 Å². The highest BCUT2D eigenvalue weighted by Gasteiger charge is 2.34. The molecule has 0 aromatic heterocycles. The minimum Gasteiger partial charge on any atom is -0.487 e. The van der Waals surface area contributed by atoms with Crippen LogP contribution in [0.2, 0.25) is 5.02 Å². The molecule has 3 aromatic carbocycles. The van der Waals surface area contributed by atoms with Crippen molar-refractivity contribution in [2.45, 2.75) is 6.61 Å². The van der Waals surface area contributed by atoms with E-state index >= 15 is 0 Å². The van der Waals surface area contributed by atoms with Gasteiger partial charge in [-0.25, -0.2) is 14.5 Å². The van der Waals surface area contributed by atoms with Gasteiger partial charge in [0, 0.05) is 5.02 Å². The highest BCUT2D eigenvalue weighted by atomic mass is 127. The van der Waals surface area contributed by atoms with E-state index in [9.17, 15) is 14.4 Å². The molecule has 0 bridgehead atoms. The Kier molecular flexibility index (Phi) is 7.43. The Morgan fingerprint density at radius 1 is 1.03 bits per heavy atom. The standard InChI is InChI=1S/C24H15ClI2N2O5/c25-16-5-7-17(8-6-16)29-22(30)20(28-24(29)33)11-14-9-18(26)21(19(27)10-14)34-12-13-1-3-15(4-2-13)23(31)32/h1-11H,12H2,(H,28,33)(H,31,32)/b20-11+. The molecule has 0 unspecified atom stereocenters. The molecular formula is C24H15ClI2N2O5. The van der Waals surface area contributed by atoms with Crippen molar-refractivity contribution in [3.8, 4) is 5.75 Å². The number of anilines is 1. The second kappa shape index (κ2) is 10.3. The molecule has 34 heavy (non-hydrogen) atoms. The summed E-state index contributed by atoms with van der Waals surface area (Å²) >= 11 is 10.2. The van der Waals surface area contributed by atoms with Crippen LogP contribution in [0.5, 0.6) is 5.75 Å². The molecule has 1 fully saturated rings. The van der Waals surface area contributed by atoms with E-state index in [1.165, 1.54) is 12.1 Å². The molecule has 0 aliphatic carbocycles. The van der Waals surface area contributed by atoms with Gasteiger partial charge >= 0.3 is 12.0 Å². The molecule has 4 rings (SSSR count). The number of hydrogen-bond donors (Lipinski definition) is 2. The summed E-state index contributed by atoms with van der Waals surface area (Å²) in [6, 6.07) is 16.1. The monoisotopic (exact) mass is 700 g/mol. The lowest BCUT2D eigenvalue weighted by molar-refractivity contribution is -0.113. The van der Waals surface area contributed by atoms with Gasteiger partial charge in [-0.15, -0.1) is 0 Å². The maximum Gasteiger partial charge on any atom is 0.335 e. The average molecular weight is 701 g/mol. The lowest BCUT2D eigenvalue weighted by atomic mass is 10.1. The first-order chi connectivity index (χ1) is 16.2. The van der Waals surface area contributed by atoms with Gasteiger partial charge in [0.1, 0.15) is 18.1 Å². The third kappa shape index (κ3) is 5.36. The highest BCUT2D eigenvalue weighted by molar-refractivity contribution is 14.1. The smallest absolute Gasteiger partial charge is 0.335 e. The van der Waals surface area contributed by atoms with Crippen LogP contribution in [-0.4, -0.2) is 23.0 Å². The van der Waals surface area contributed by atoms with Crippen LogP contribution >= 0.6 is 56.8 Å². The van der Waals surface area contributed by atoms with Crippen LogP contribution in [0.3, 0.4) is 0 Å². The molecule has 3 amide bonds. The van der Waals surface area contributed by atoms with Gasteiger partial charge in [0.15, 0.2) is 0 Å². The Labute approximate surface area is 227 Å². The second-order valence-electron chi connectivity index (χ2n) is 7.21. The van der Waals surface area contributed by atoms with Gasteiger partial charge in [0.2, 0.25) is 0 Å². The van der Waals surface area contributed by atoms with Crippen molar-refractivity contribution >= 4 is 86.5 Å². The first kappa shape index (κ1) is 24.5. The number of carbonyl (C=O) groups excluding carboxylic acids is 2. The Balaban J connectivity index is 1.51. The summed E-state index contributed by atoms with van der Waals surface area (Å²) in [5, 5.41) is 12.1. The van der Waals surface area contributed by atoms with Crippen LogP contribution in [0.15, 0.2) is 66.4 Å². The van der Waals surface area contributed by atoms with Crippen LogP contribution in [0.1, 0.15) is 21.5 Å². The number of aromatic carboxylic acids is 1. The molecule has 0 saturated carbocycles. The fourth-order valence-corrected chi connectivity index (χ4v) is 5.48. The number of hydrogen-bond acceptors (Lipinski definition) is 4. The van der Waals surface area contributed by atoms with Crippen LogP contribution < -0.4 is 15.0 Å². The number of carboxylic acid groups (broad SMARTS) is 1. The van der Waals surface area contributed by atoms with Crippen molar-refractivity contribution in [2.75, 3.05) is 4.90 Å². The van der Waals surface area contributed by atoms with E-state index in [0.717, 1.165) is 23.2 Å². The first-order valence-corrected chi connectivity index (χ1v) is 12.3. The summed E-state index contributed by atoms with van der Waals surface area (Å²) in [4.78, 5) is 37.3. The lowest BCUT2D eigenvalue weighted by Gasteiger charge is -2.12. The molecule has 172 valence electrons. The minimum absolute atomic E-state index is 0.165. The molecule has 1 aliphatic rings. The number of nitrogens with one attached hydrogen (secondary N) is 1. The fraction of sp³-hybridized carbons (Fsp3) is 0.0417.